The largest absolute Gasteiger partial charge is 0.303 e. The van der Waals surface area contributed by atoms with E-state index in [1.54, 1.807) is 0 Å². The molecule has 3 heteroatoms. The predicted molar refractivity (Wildman–Crippen MR) is 94.9 cm³/mol. The first kappa shape index (κ1) is 14.0. The monoisotopic (exact) mass is 318 g/mol. The first-order chi connectivity index (χ1) is 11.3. The number of nitrogens with zero attached hydrogens (tertiary/aromatic N) is 2. The summed E-state index contributed by atoms with van der Waals surface area (Å²) in [6.07, 6.45) is 2.91. The van der Waals surface area contributed by atoms with Crippen molar-refractivity contribution in [1.82, 2.24) is 9.38 Å². The Morgan fingerprint density at radius 2 is 1.57 bits per heavy atom. The van der Waals surface area contributed by atoms with Gasteiger partial charge in [0.1, 0.15) is 5.65 Å². The molecule has 0 aliphatic carbocycles. The maximum absolute atomic E-state index is 6.02. The summed E-state index contributed by atoms with van der Waals surface area (Å²) in [6.45, 7) is 0. The zero-order valence-corrected chi connectivity index (χ0v) is 13.2. The molecule has 112 valence electrons. The smallest absolute Gasteiger partial charge is 0.137 e. The van der Waals surface area contributed by atoms with Gasteiger partial charge in [0, 0.05) is 23.2 Å². The van der Waals surface area contributed by atoms with Gasteiger partial charge in [-0.25, -0.2) is 4.98 Å². The van der Waals surface area contributed by atoms with E-state index in [0.717, 1.165) is 28.3 Å². The molecule has 2 heterocycles. The highest BCUT2D eigenvalue weighted by Gasteiger charge is 2.14. The second-order valence-corrected chi connectivity index (χ2v) is 5.94. The van der Waals surface area contributed by atoms with Crippen molar-refractivity contribution in [3.8, 4) is 11.3 Å². The zero-order chi connectivity index (χ0) is 15.6. The molecule has 2 aromatic carbocycles. The minimum atomic E-state index is 0.738. The number of halogens is 1. The van der Waals surface area contributed by atoms with Crippen LogP contribution in [0.15, 0.2) is 79.0 Å². The van der Waals surface area contributed by atoms with Crippen molar-refractivity contribution < 1.29 is 0 Å². The molecular formula is C20H15ClN2. The van der Waals surface area contributed by atoms with Crippen LogP contribution >= 0.6 is 11.6 Å². The van der Waals surface area contributed by atoms with Gasteiger partial charge < -0.3 is 4.40 Å². The van der Waals surface area contributed by atoms with E-state index in [2.05, 4.69) is 34.9 Å². The molecule has 2 nitrogen and oxygen atoms in total. The van der Waals surface area contributed by atoms with Gasteiger partial charge in [-0.3, -0.25) is 0 Å². The van der Waals surface area contributed by atoms with Gasteiger partial charge in [-0.2, -0.15) is 0 Å². The fourth-order valence-corrected chi connectivity index (χ4v) is 2.97. The third kappa shape index (κ3) is 2.73. The fraction of sp³-hybridized carbons (Fsp3) is 0.0500. The number of benzene rings is 2. The summed E-state index contributed by atoms with van der Waals surface area (Å²) in [7, 11) is 0. The van der Waals surface area contributed by atoms with Crippen LogP contribution in [0.2, 0.25) is 5.02 Å². The molecular weight excluding hydrogens is 304 g/mol. The molecule has 0 amide bonds. The summed E-state index contributed by atoms with van der Waals surface area (Å²) in [5, 5.41) is 0.738. The third-order valence-electron chi connectivity index (χ3n) is 3.96. The Morgan fingerprint density at radius 3 is 2.35 bits per heavy atom. The molecule has 0 aliphatic heterocycles. The van der Waals surface area contributed by atoms with Crippen LogP contribution in [0, 0.1) is 0 Å². The molecule has 4 aromatic rings. The van der Waals surface area contributed by atoms with Crippen molar-refractivity contribution in [2.75, 3.05) is 0 Å². The van der Waals surface area contributed by atoms with Crippen molar-refractivity contribution in [2.24, 2.45) is 0 Å². The van der Waals surface area contributed by atoms with E-state index in [9.17, 15) is 0 Å². The molecule has 0 saturated heterocycles. The number of imidazole rings is 1. The number of pyridine rings is 1. The van der Waals surface area contributed by atoms with E-state index < -0.39 is 0 Å². The van der Waals surface area contributed by atoms with Gasteiger partial charge in [-0.1, -0.05) is 60.1 Å². The van der Waals surface area contributed by atoms with Crippen molar-refractivity contribution in [3.63, 3.8) is 0 Å². The quantitative estimate of drug-likeness (QED) is 0.504. The van der Waals surface area contributed by atoms with Gasteiger partial charge in [0.2, 0.25) is 0 Å². The lowest BCUT2D eigenvalue weighted by molar-refractivity contribution is 1.03. The average Bonchev–Trinajstić information content (AvgIpc) is 2.95. The van der Waals surface area contributed by atoms with Gasteiger partial charge in [-0.05, 0) is 29.8 Å². The second-order valence-electron chi connectivity index (χ2n) is 5.51. The Labute approximate surface area is 140 Å². The lowest BCUT2D eigenvalue weighted by atomic mass is 10.0. The molecule has 23 heavy (non-hydrogen) atoms. The highest BCUT2D eigenvalue weighted by molar-refractivity contribution is 6.30. The molecule has 0 unspecified atom stereocenters. The van der Waals surface area contributed by atoms with Crippen LogP contribution in [0.1, 0.15) is 11.3 Å². The van der Waals surface area contributed by atoms with E-state index in [-0.39, 0.29) is 0 Å². The lowest BCUT2D eigenvalue weighted by Gasteiger charge is -2.06. The summed E-state index contributed by atoms with van der Waals surface area (Å²) in [4.78, 5) is 4.83. The Kier molecular flexibility index (Phi) is 3.60. The first-order valence-electron chi connectivity index (χ1n) is 7.57. The maximum atomic E-state index is 6.02. The van der Waals surface area contributed by atoms with Crippen molar-refractivity contribution in [1.29, 1.82) is 0 Å². The molecule has 4 rings (SSSR count). The Hall–Kier alpha value is -2.58. The average molecular weight is 319 g/mol. The molecule has 0 radical (unpaired) electrons. The SMILES string of the molecule is Clc1ccc(-c2nc3ccccn3c2Cc2ccccc2)cc1. The molecule has 0 saturated carbocycles. The lowest BCUT2D eigenvalue weighted by Crippen LogP contribution is -1.96. The number of hydrogen-bond acceptors (Lipinski definition) is 1. The maximum Gasteiger partial charge on any atom is 0.137 e. The van der Waals surface area contributed by atoms with E-state index in [1.165, 1.54) is 11.3 Å². The van der Waals surface area contributed by atoms with E-state index in [1.807, 2.05) is 48.5 Å². The fourth-order valence-electron chi connectivity index (χ4n) is 2.84. The minimum absolute atomic E-state index is 0.738. The van der Waals surface area contributed by atoms with Crippen molar-refractivity contribution in [2.45, 2.75) is 6.42 Å². The van der Waals surface area contributed by atoms with Crippen LogP contribution in [-0.2, 0) is 6.42 Å². The number of fused-ring (bicyclic) bond motifs is 1. The van der Waals surface area contributed by atoms with E-state index >= 15 is 0 Å². The van der Waals surface area contributed by atoms with Crippen LogP contribution in [0.3, 0.4) is 0 Å². The Bertz CT molecular complexity index is 940. The van der Waals surface area contributed by atoms with Crippen LogP contribution in [-0.4, -0.2) is 9.38 Å². The van der Waals surface area contributed by atoms with Crippen molar-refractivity contribution in [3.05, 3.63) is 95.3 Å². The van der Waals surface area contributed by atoms with Crippen LogP contribution in [0.25, 0.3) is 16.9 Å². The summed E-state index contributed by atoms with van der Waals surface area (Å²) in [5.74, 6) is 0. The number of rotatable bonds is 3. The molecule has 0 atom stereocenters. The second kappa shape index (κ2) is 5.90. The third-order valence-corrected chi connectivity index (χ3v) is 4.21. The molecule has 0 fully saturated rings. The summed E-state index contributed by atoms with van der Waals surface area (Å²) in [6, 6.07) is 24.4. The van der Waals surface area contributed by atoms with Crippen LogP contribution < -0.4 is 0 Å². The highest BCUT2D eigenvalue weighted by Crippen LogP contribution is 2.27. The van der Waals surface area contributed by atoms with Gasteiger partial charge in [-0.15, -0.1) is 0 Å². The van der Waals surface area contributed by atoms with Gasteiger partial charge in [0.25, 0.3) is 0 Å². The molecule has 0 aliphatic rings. The van der Waals surface area contributed by atoms with Crippen molar-refractivity contribution >= 4 is 17.2 Å². The summed E-state index contributed by atoms with van der Waals surface area (Å²) >= 11 is 6.02. The van der Waals surface area contributed by atoms with Gasteiger partial charge >= 0.3 is 0 Å². The summed E-state index contributed by atoms with van der Waals surface area (Å²) < 4.78 is 2.16. The predicted octanol–water partition coefficient (Wildman–Crippen LogP) is 5.25. The zero-order valence-electron chi connectivity index (χ0n) is 12.5. The Balaban J connectivity index is 1.89. The molecule has 0 bridgehead atoms. The molecule has 0 spiro atoms. The Morgan fingerprint density at radius 1 is 0.826 bits per heavy atom. The molecule has 0 N–H and O–H groups in total. The first-order valence-corrected chi connectivity index (χ1v) is 7.95. The van der Waals surface area contributed by atoms with Gasteiger partial charge in [0.05, 0.1) is 11.4 Å². The van der Waals surface area contributed by atoms with Gasteiger partial charge in [0.15, 0.2) is 0 Å². The standard InChI is InChI=1S/C20H15ClN2/c21-17-11-9-16(10-12-17)20-18(14-15-6-2-1-3-7-15)23-13-5-4-8-19(23)22-20/h1-13H,14H2. The van der Waals surface area contributed by atoms with Crippen LogP contribution in [0.4, 0.5) is 0 Å². The number of hydrogen-bond donors (Lipinski definition) is 0. The van der Waals surface area contributed by atoms with Crippen LogP contribution in [0.5, 0.6) is 0 Å². The number of aromatic nitrogens is 2. The highest BCUT2D eigenvalue weighted by atomic mass is 35.5. The topological polar surface area (TPSA) is 17.3 Å². The normalized spacial score (nSPS) is 11.0. The van der Waals surface area contributed by atoms with E-state index in [4.69, 9.17) is 16.6 Å². The summed E-state index contributed by atoms with van der Waals surface area (Å²) in [5.41, 5.74) is 5.52. The minimum Gasteiger partial charge on any atom is -0.303 e. The molecule has 2 aromatic heterocycles. The van der Waals surface area contributed by atoms with E-state index in [0.29, 0.717) is 0 Å².